The summed E-state index contributed by atoms with van der Waals surface area (Å²) in [6.07, 6.45) is 0. The lowest BCUT2D eigenvalue weighted by atomic mass is 9.92. The van der Waals surface area contributed by atoms with Crippen LogP contribution in [0.3, 0.4) is 0 Å². The molecule has 9 heteroatoms. The number of likely N-dealkylation sites (N-methyl/N-ethyl adjacent to an activating group) is 1. The third kappa shape index (κ3) is 6.81. The van der Waals surface area contributed by atoms with Gasteiger partial charge in [0.2, 0.25) is 5.91 Å². The number of hydrogen-bond donors (Lipinski definition) is 2. The van der Waals surface area contributed by atoms with Crippen molar-refractivity contribution in [3.05, 3.63) is 66.1 Å². The number of nitrogens with one attached hydrogen (secondary N) is 2. The van der Waals surface area contributed by atoms with E-state index in [1.807, 2.05) is 27.7 Å². The molecule has 0 aliphatic carbocycles. The molecule has 0 spiro atoms. The van der Waals surface area contributed by atoms with Crippen molar-refractivity contribution in [2.75, 3.05) is 30.3 Å². The Morgan fingerprint density at radius 1 is 1.03 bits per heavy atom. The van der Waals surface area contributed by atoms with Crippen LogP contribution in [0.15, 0.2) is 54.6 Å². The molecular formula is C26H32FN5O3. The highest BCUT2D eigenvalue weighted by molar-refractivity contribution is 5.96. The van der Waals surface area contributed by atoms with Crippen molar-refractivity contribution in [1.82, 2.24) is 14.7 Å². The van der Waals surface area contributed by atoms with Crippen molar-refractivity contribution < 1.29 is 18.7 Å². The molecule has 0 bridgehead atoms. The van der Waals surface area contributed by atoms with Gasteiger partial charge in [-0.15, -0.1) is 0 Å². The Morgan fingerprint density at radius 2 is 1.69 bits per heavy atom. The Hall–Kier alpha value is -3.88. The van der Waals surface area contributed by atoms with Crippen LogP contribution in [0.4, 0.5) is 20.7 Å². The minimum atomic E-state index is -0.394. The maximum atomic E-state index is 13.4. The zero-order valence-electron chi connectivity index (χ0n) is 20.8. The Labute approximate surface area is 205 Å². The first kappa shape index (κ1) is 25.7. The molecule has 1 aromatic heterocycles. The first-order valence-electron chi connectivity index (χ1n) is 11.6. The highest BCUT2D eigenvalue weighted by Gasteiger charge is 2.23. The lowest BCUT2D eigenvalue weighted by Crippen LogP contribution is -2.40. The van der Waals surface area contributed by atoms with E-state index in [1.165, 1.54) is 17.0 Å². The smallest absolute Gasteiger partial charge is 0.322 e. The highest BCUT2D eigenvalue weighted by atomic mass is 19.1. The Morgan fingerprint density at radius 3 is 2.26 bits per heavy atom. The molecular weight excluding hydrogens is 449 g/mol. The van der Waals surface area contributed by atoms with Crippen molar-refractivity contribution in [2.45, 2.75) is 40.0 Å². The van der Waals surface area contributed by atoms with Gasteiger partial charge in [-0.2, -0.15) is 5.10 Å². The summed E-state index contributed by atoms with van der Waals surface area (Å²) in [5.74, 6) is 0.413. The van der Waals surface area contributed by atoms with Crippen LogP contribution in [0, 0.1) is 5.82 Å². The molecule has 2 aromatic carbocycles. The minimum Gasteiger partial charge on any atom is -0.494 e. The molecule has 3 aromatic rings. The van der Waals surface area contributed by atoms with Crippen LogP contribution >= 0.6 is 0 Å². The van der Waals surface area contributed by atoms with E-state index in [1.54, 1.807) is 54.1 Å². The molecule has 3 amide bonds. The van der Waals surface area contributed by atoms with Gasteiger partial charge in [0.05, 0.1) is 18.0 Å². The van der Waals surface area contributed by atoms with Crippen molar-refractivity contribution in [3.8, 4) is 11.4 Å². The molecule has 8 nitrogen and oxygen atoms in total. The van der Waals surface area contributed by atoms with Crippen LogP contribution in [0.1, 0.15) is 40.3 Å². The molecule has 0 saturated heterocycles. The molecule has 0 aliphatic rings. The van der Waals surface area contributed by atoms with E-state index < -0.39 is 6.03 Å². The van der Waals surface area contributed by atoms with Gasteiger partial charge >= 0.3 is 6.03 Å². The second-order valence-corrected chi connectivity index (χ2v) is 9.00. The van der Waals surface area contributed by atoms with Crippen LogP contribution in [0.5, 0.6) is 5.75 Å². The molecule has 0 unspecified atom stereocenters. The van der Waals surface area contributed by atoms with Crippen LogP contribution in [-0.2, 0) is 10.2 Å². The monoisotopic (exact) mass is 481 g/mol. The summed E-state index contributed by atoms with van der Waals surface area (Å²) < 4.78 is 20.4. The number of anilines is 2. The lowest BCUT2D eigenvalue weighted by Gasteiger charge is -2.21. The third-order valence-corrected chi connectivity index (χ3v) is 5.24. The zero-order valence-corrected chi connectivity index (χ0v) is 20.8. The van der Waals surface area contributed by atoms with Gasteiger partial charge in [-0.05, 0) is 62.4 Å². The van der Waals surface area contributed by atoms with Gasteiger partial charge in [0.25, 0.3) is 0 Å². The fourth-order valence-electron chi connectivity index (χ4n) is 3.30. The Bertz CT molecular complexity index is 1150. The second kappa shape index (κ2) is 11.0. The number of aromatic nitrogens is 2. The van der Waals surface area contributed by atoms with E-state index >= 15 is 0 Å². The maximum absolute atomic E-state index is 13.4. The number of amides is 3. The Kier molecular flexibility index (Phi) is 8.11. The number of halogens is 1. The summed E-state index contributed by atoms with van der Waals surface area (Å²) in [6, 6.07) is 14.3. The average molecular weight is 482 g/mol. The lowest BCUT2D eigenvalue weighted by molar-refractivity contribution is -0.116. The van der Waals surface area contributed by atoms with Crippen LogP contribution < -0.4 is 15.4 Å². The van der Waals surface area contributed by atoms with Crippen molar-refractivity contribution >= 4 is 23.4 Å². The van der Waals surface area contributed by atoms with Gasteiger partial charge in [0.1, 0.15) is 23.9 Å². The normalized spacial score (nSPS) is 11.1. The van der Waals surface area contributed by atoms with Gasteiger partial charge in [-0.1, -0.05) is 20.8 Å². The van der Waals surface area contributed by atoms with Crippen molar-refractivity contribution in [1.29, 1.82) is 0 Å². The average Bonchev–Trinajstić information content (AvgIpc) is 3.23. The SMILES string of the molecule is CCOc1ccc(NC(=O)N(CC)CC(=O)Nc2cc(C(C)(C)C)nn2-c2ccc(F)cc2)cc1. The molecule has 0 atom stereocenters. The van der Waals surface area contributed by atoms with E-state index in [-0.39, 0.29) is 23.7 Å². The number of carbonyl (C=O) groups excluding carboxylic acids is 2. The fraction of sp³-hybridized carbons (Fsp3) is 0.346. The summed E-state index contributed by atoms with van der Waals surface area (Å²) >= 11 is 0. The van der Waals surface area contributed by atoms with Crippen LogP contribution in [0.2, 0.25) is 0 Å². The molecule has 3 rings (SSSR count). The van der Waals surface area contributed by atoms with Gasteiger partial charge in [0.15, 0.2) is 0 Å². The maximum Gasteiger partial charge on any atom is 0.322 e. The second-order valence-electron chi connectivity index (χ2n) is 9.00. The van der Waals surface area contributed by atoms with E-state index in [0.717, 1.165) is 5.69 Å². The summed E-state index contributed by atoms with van der Waals surface area (Å²) in [7, 11) is 0. The number of hydrogen-bond acceptors (Lipinski definition) is 4. The molecule has 2 N–H and O–H groups in total. The van der Waals surface area contributed by atoms with Gasteiger partial charge < -0.3 is 20.3 Å². The third-order valence-electron chi connectivity index (χ3n) is 5.24. The number of urea groups is 1. The summed E-state index contributed by atoms with van der Waals surface area (Å²) in [6.45, 7) is 10.5. The molecule has 1 heterocycles. The van der Waals surface area contributed by atoms with Gasteiger partial charge in [-0.3, -0.25) is 4.79 Å². The van der Waals surface area contributed by atoms with Gasteiger partial charge in [-0.25, -0.2) is 13.9 Å². The molecule has 0 aliphatic heterocycles. The zero-order chi connectivity index (χ0) is 25.6. The Balaban J connectivity index is 1.72. The quantitative estimate of drug-likeness (QED) is 0.463. The van der Waals surface area contributed by atoms with Crippen LogP contribution in [0.25, 0.3) is 5.69 Å². The number of benzene rings is 2. The van der Waals surface area contributed by atoms with E-state index in [0.29, 0.717) is 36.1 Å². The minimum absolute atomic E-state index is 0.154. The van der Waals surface area contributed by atoms with Gasteiger partial charge in [0, 0.05) is 23.7 Å². The summed E-state index contributed by atoms with van der Waals surface area (Å²) in [5, 5.41) is 10.3. The van der Waals surface area contributed by atoms with E-state index in [2.05, 4.69) is 15.7 Å². The largest absolute Gasteiger partial charge is 0.494 e. The molecule has 0 radical (unpaired) electrons. The standard InChI is InChI=1S/C26H32FN5O3/c1-6-31(25(34)28-19-10-14-21(15-11-19)35-7-2)17-24(33)29-23-16-22(26(3,4)5)30-32(23)20-12-8-18(27)9-13-20/h8-16H,6-7,17H2,1-5H3,(H,28,34)(H,29,33). The predicted molar refractivity (Wildman–Crippen MR) is 135 cm³/mol. The number of ether oxygens (including phenoxy) is 1. The molecule has 0 fully saturated rings. The van der Waals surface area contributed by atoms with Crippen LogP contribution in [-0.4, -0.2) is 46.3 Å². The highest BCUT2D eigenvalue weighted by Crippen LogP contribution is 2.26. The predicted octanol–water partition coefficient (Wildman–Crippen LogP) is 5.20. The van der Waals surface area contributed by atoms with E-state index in [4.69, 9.17) is 4.74 Å². The fourth-order valence-corrected chi connectivity index (χ4v) is 3.30. The first-order valence-corrected chi connectivity index (χ1v) is 11.6. The van der Waals surface area contributed by atoms with E-state index in [9.17, 15) is 14.0 Å². The number of carbonyl (C=O) groups is 2. The number of nitrogens with zero attached hydrogens (tertiary/aromatic N) is 3. The summed E-state index contributed by atoms with van der Waals surface area (Å²) in [4.78, 5) is 27.0. The molecule has 35 heavy (non-hydrogen) atoms. The topological polar surface area (TPSA) is 88.5 Å². The molecule has 186 valence electrons. The van der Waals surface area contributed by atoms with Crippen molar-refractivity contribution in [3.63, 3.8) is 0 Å². The number of rotatable bonds is 8. The molecule has 0 saturated carbocycles. The van der Waals surface area contributed by atoms with Crippen molar-refractivity contribution in [2.24, 2.45) is 0 Å². The first-order chi connectivity index (χ1) is 16.6. The summed E-state index contributed by atoms with van der Waals surface area (Å²) in [5.41, 5.74) is 1.70.